The van der Waals surface area contributed by atoms with Crippen molar-refractivity contribution < 1.29 is 4.39 Å². The molecule has 3 aromatic rings. The molecule has 0 amide bonds. The molecule has 0 aliphatic heterocycles. The summed E-state index contributed by atoms with van der Waals surface area (Å²) >= 11 is 0. The first-order valence-electron chi connectivity index (χ1n) is 11.1. The zero-order chi connectivity index (χ0) is 20.9. The molecule has 1 aliphatic carbocycles. The summed E-state index contributed by atoms with van der Waals surface area (Å²) in [5.74, 6) is 7.96. The minimum Gasteiger partial charge on any atom is -0.206 e. The Balaban J connectivity index is 1.50. The standard InChI is InChI=1S/C29H29F/c1-3-4-5-26-17-18-27-20-23(12-19-28(27)29(26)30)9-8-22-10-15-25(16-11-22)24-13-6-21(2)7-14-24/h3,10-12,15-21,24H,1,4-7,13-14H2,2H3. The topological polar surface area (TPSA) is 0 Å². The van der Waals surface area contributed by atoms with E-state index in [1.807, 2.05) is 36.4 Å². The van der Waals surface area contributed by atoms with Crippen LogP contribution in [-0.4, -0.2) is 0 Å². The van der Waals surface area contributed by atoms with Gasteiger partial charge in [0.25, 0.3) is 0 Å². The van der Waals surface area contributed by atoms with Gasteiger partial charge in [0.2, 0.25) is 0 Å². The van der Waals surface area contributed by atoms with E-state index in [2.05, 4.69) is 49.6 Å². The molecule has 1 aliphatic rings. The van der Waals surface area contributed by atoms with Crippen LogP contribution in [0.4, 0.5) is 4.39 Å². The van der Waals surface area contributed by atoms with E-state index in [0.29, 0.717) is 17.7 Å². The number of hydrogen-bond donors (Lipinski definition) is 0. The molecule has 0 radical (unpaired) electrons. The molecule has 0 spiro atoms. The van der Waals surface area contributed by atoms with E-state index < -0.39 is 0 Å². The van der Waals surface area contributed by atoms with E-state index in [9.17, 15) is 4.39 Å². The third-order valence-electron chi connectivity index (χ3n) is 6.40. The molecule has 0 nitrogen and oxygen atoms in total. The lowest BCUT2D eigenvalue weighted by atomic mass is 9.79. The molecule has 1 heteroatoms. The van der Waals surface area contributed by atoms with Crippen LogP contribution in [-0.2, 0) is 6.42 Å². The van der Waals surface area contributed by atoms with Crippen LogP contribution in [0.2, 0.25) is 0 Å². The van der Waals surface area contributed by atoms with Gasteiger partial charge in [-0.2, -0.15) is 0 Å². The van der Waals surface area contributed by atoms with Crippen molar-refractivity contribution in [2.24, 2.45) is 5.92 Å². The molecule has 3 aromatic carbocycles. The van der Waals surface area contributed by atoms with Gasteiger partial charge in [0, 0.05) is 16.5 Å². The van der Waals surface area contributed by atoms with Crippen LogP contribution >= 0.6 is 0 Å². The van der Waals surface area contributed by atoms with Crippen molar-refractivity contribution in [1.29, 1.82) is 0 Å². The second-order valence-electron chi connectivity index (χ2n) is 8.63. The first-order valence-corrected chi connectivity index (χ1v) is 11.1. The molecule has 1 fully saturated rings. The van der Waals surface area contributed by atoms with E-state index in [4.69, 9.17) is 0 Å². The first-order chi connectivity index (χ1) is 14.6. The lowest BCUT2D eigenvalue weighted by Gasteiger charge is -2.26. The van der Waals surface area contributed by atoms with Gasteiger partial charge in [0.15, 0.2) is 0 Å². The summed E-state index contributed by atoms with van der Waals surface area (Å²) in [5, 5.41) is 1.55. The van der Waals surface area contributed by atoms with Crippen molar-refractivity contribution in [3.05, 3.63) is 95.3 Å². The molecule has 152 valence electrons. The van der Waals surface area contributed by atoms with E-state index >= 15 is 0 Å². The van der Waals surface area contributed by atoms with Gasteiger partial charge in [-0.15, -0.1) is 6.58 Å². The maximum Gasteiger partial charge on any atom is 0.134 e. The average molecular weight is 397 g/mol. The molecule has 4 rings (SSSR count). The van der Waals surface area contributed by atoms with Gasteiger partial charge >= 0.3 is 0 Å². The quantitative estimate of drug-likeness (QED) is 0.312. The van der Waals surface area contributed by atoms with Gasteiger partial charge in [0.1, 0.15) is 5.82 Å². The largest absolute Gasteiger partial charge is 0.206 e. The van der Waals surface area contributed by atoms with Crippen molar-refractivity contribution in [3.63, 3.8) is 0 Å². The van der Waals surface area contributed by atoms with Gasteiger partial charge in [-0.05, 0) is 78.3 Å². The molecule has 0 bridgehead atoms. The summed E-state index contributed by atoms with van der Waals surface area (Å²) in [6.07, 6.45) is 8.57. The molecule has 0 N–H and O–H groups in total. The number of halogens is 1. The predicted octanol–water partition coefficient (Wildman–Crippen LogP) is 7.79. The van der Waals surface area contributed by atoms with Crippen LogP contribution in [0.3, 0.4) is 0 Å². The molecule has 0 unspecified atom stereocenters. The fraction of sp³-hybridized carbons (Fsp3) is 0.310. The second-order valence-corrected chi connectivity index (χ2v) is 8.63. The van der Waals surface area contributed by atoms with E-state index in [-0.39, 0.29) is 5.82 Å². The number of allylic oxidation sites excluding steroid dienone is 1. The highest BCUT2D eigenvalue weighted by Crippen LogP contribution is 2.35. The van der Waals surface area contributed by atoms with Crippen LogP contribution in [0.5, 0.6) is 0 Å². The number of aryl methyl sites for hydroxylation is 1. The third kappa shape index (κ3) is 4.65. The van der Waals surface area contributed by atoms with Crippen molar-refractivity contribution in [1.82, 2.24) is 0 Å². The number of hydrogen-bond acceptors (Lipinski definition) is 0. The predicted molar refractivity (Wildman–Crippen MR) is 125 cm³/mol. The number of fused-ring (bicyclic) bond motifs is 1. The van der Waals surface area contributed by atoms with Crippen LogP contribution in [0, 0.1) is 23.6 Å². The summed E-state index contributed by atoms with van der Waals surface area (Å²) < 4.78 is 14.7. The van der Waals surface area contributed by atoms with Crippen LogP contribution < -0.4 is 0 Å². The molecular formula is C29H29F. The Morgan fingerprint density at radius 2 is 1.63 bits per heavy atom. The summed E-state index contributed by atoms with van der Waals surface area (Å²) in [7, 11) is 0. The minimum absolute atomic E-state index is 0.124. The average Bonchev–Trinajstić information content (AvgIpc) is 2.78. The second kappa shape index (κ2) is 9.31. The van der Waals surface area contributed by atoms with Gasteiger partial charge in [-0.1, -0.05) is 68.0 Å². The molecule has 1 saturated carbocycles. The Morgan fingerprint density at radius 3 is 2.37 bits per heavy atom. The molecular weight excluding hydrogens is 367 g/mol. The smallest absolute Gasteiger partial charge is 0.134 e. The number of rotatable bonds is 4. The zero-order valence-electron chi connectivity index (χ0n) is 17.8. The summed E-state index contributed by atoms with van der Waals surface area (Å²) in [5.41, 5.74) is 4.12. The van der Waals surface area contributed by atoms with Crippen molar-refractivity contribution in [3.8, 4) is 11.8 Å². The Kier molecular flexibility index (Phi) is 6.34. The lowest BCUT2D eigenvalue weighted by Crippen LogP contribution is -2.10. The Labute approximate surface area is 179 Å². The highest BCUT2D eigenvalue weighted by molar-refractivity contribution is 5.85. The Morgan fingerprint density at radius 1 is 0.933 bits per heavy atom. The third-order valence-corrected chi connectivity index (χ3v) is 6.40. The van der Waals surface area contributed by atoms with Gasteiger partial charge in [-0.3, -0.25) is 0 Å². The van der Waals surface area contributed by atoms with E-state index in [1.165, 1.54) is 31.2 Å². The molecule has 0 aromatic heterocycles. The highest BCUT2D eigenvalue weighted by atomic mass is 19.1. The van der Waals surface area contributed by atoms with Crippen LogP contribution in [0.15, 0.2) is 67.3 Å². The van der Waals surface area contributed by atoms with Crippen molar-refractivity contribution >= 4 is 10.8 Å². The maximum absolute atomic E-state index is 14.7. The SMILES string of the molecule is C=CCCc1ccc2cc(C#Cc3ccc(C4CCC(C)CC4)cc3)ccc2c1F. The van der Waals surface area contributed by atoms with Gasteiger partial charge in [-0.25, -0.2) is 4.39 Å². The first kappa shape index (κ1) is 20.4. The molecule has 0 heterocycles. The molecule has 30 heavy (non-hydrogen) atoms. The fourth-order valence-electron chi connectivity index (χ4n) is 4.44. The van der Waals surface area contributed by atoms with E-state index in [0.717, 1.165) is 34.4 Å². The van der Waals surface area contributed by atoms with Crippen LogP contribution in [0.1, 0.15) is 67.2 Å². The normalized spacial score (nSPS) is 18.6. The summed E-state index contributed by atoms with van der Waals surface area (Å²) in [6, 6.07) is 18.3. The Bertz CT molecular complexity index is 1090. The Hall–Kier alpha value is -2.85. The molecule has 0 atom stereocenters. The van der Waals surface area contributed by atoms with Gasteiger partial charge < -0.3 is 0 Å². The number of benzene rings is 3. The highest BCUT2D eigenvalue weighted by Gasteiger charge is 2.19. The summed E-state index contributed by atoms with van der Waals surface area (Å²) in [6.45, 7) is 6.08. The van der Waals surface area contributed by atoms with Crippen LogP contribution in [0.25, 0.3) is 10.8 Å². The van der Waals surface area contributed by atoms with E-state index in [1.54, 1.807) is 0 Å². The minimum atomic E-state index is -0.124. The lowest BCUT2D eigenvalue weighted by molar-refractivity contribution is 0.348. The maximum atomic E-state index is 14.7. The fourth-order valence-corrected chi connectivity index (χ4v) is 4.44. The van der Waals surface area contributed by atoms with Crippen molar-refractivity contribution in [2.75, 3.05) is 0 Å². The summed E-state index contributed by atoms with van der Waals surface area (Å²) in [4.78, 5) is 0. The van der Waals surface area contributed by atoms with Crippen molar-refractivity contribution in [2.45, 2.75) is 51.4 Å². The van der Waals surface area contributed by atoms with Gasteiger partial charge in [0.05, 0.1) is 0 Å². The monoisotopic (exact) mass is 396 g/mol. The molecule has 0 saturated heterocycles. The zero-order valence-corrected chi connectivity index (χ0v) is 17.8.